The van der Waals surface area contributed by atoms with Crippen molar-refractivity contribution < 1.29 is 9.53 Å². The van der Waals surface area contributed by atoms with Crippen LogP contribution in [0.15, 0.2) is 24.4 Å². The molecule has 1 aromatic rings. The molecule has 0 spiro atoms. The average Bonchev–Trinajstić information content (AvgIpc) is 2.19. The Morgan fingerprint density at radius 2 is 2.46 bits per heavy atom. The molecule has 1 rings (SSSR count). The van der Waals surface area contributed by atoms with Gasteiger partial charge in [0.1, 0.15) is 17.7 Å². The minimum Gasteiger partial charge on any atom is -0.494 e. The molecule has 68 valence electrons. The van der Waals surface area contributed by atoms with Crippen LogP contribution in [0.2, 0.25) is 0 Å². The van der Waals surface area contributed by atoms with Gasteiger partial charge in [0.25, 0.3) is 0 Å². The van der Waals surface area contributed by atoms with E-state index in [9.17, 15) is 4.79 Å². The summed E-state index contributed by atoms with van der Waals surface area (Å²) >= 11 is 0. The molecule has 0 fully saturated rings. The zero-order chi connectivity index (χ0) is 9.52. The lowest BCUT2D eigenvalue weighted by Gasteiger charge is -2.01. The number of hydrogen-bond donors (Lipinski definition) is 0. The molecular formula is C10H11NO2. The number of carbonyl (C=O) groups excluding carboxylic acids is 1. The maximum atomic E-state index is 10.0. The summed E-state index contributed by atoms with van der Waals surface area (Å²) in [6.45, 7) is 0. The standard InChI is InChI=1S/C10H11NO2/c1-13-10-6-4-7-11-9(10)5-2-3-8-12/h2,4-8H,3H2,1H3. The molecule has 0 aliphatic heterocycles. The number of nitrogens with zero attached hydrogens (tertiary/aromatic N) is 1. The van der Waals surface area contributed by atoms with E-state index in [1.165, 1.54) is 0 Å². The maximum Gasteiger partial charge on any atom is 0.144 e. The summed E-state index contributed by atoms with van der Waals surface area (Å²) in [7, 11) is 1.59. The van der Waals surface area contributed by atoms with Gasteiger partial charge >= 0.3 is 0 Å². The molecule has 0 unspecified atom stereocenters. The van der Waals surface area contributed by atoms with Crippen LogP contribution in [0.5, 0.6) is 5.75 Å². The summed E-state index contributed by atoms with van der Waals surface area (Å²) in [4.78, 5) is 14.1. The second kappa shape index (κ2) is 5.09. The first-order valence-electron chi connectivity index (χ1n) is 3.97. The second-order valence-electron chi connectivity index (χ2n) is 2.40. The van der Waals surface area contributed by atoms with E-state index in [-0.39, 0.29) is 0 Å². The van der Waals surface area contributed by atoms with E-state index in [1.54, 1.807) is 31.5 Å². The molecule has 0 saturated heterocycles. The Balaban J connectivity index is 2.80. The molecule has 0 aliphatic carbocycles. The van der Waals surface area contributed by atoms with Gasteiger partial charge < -0.3 is 9.53 Å². The third-order valence-corrected chi connectivity index (χ3v) is 1.53. The van der Waals surface area contributed by atoms with Crippen LogP contribution in [0.1, 0.15) is 12.1 Å². The van der Waals surface area contributed by atoms with E-state index in [4.69, 9.17) is 4.74 Å². The number of aldehydes is 1. The van der Waals surface area contributed by atoms with Gasteiger partial charge in [0.2, 0.25) is 0 Å². The number of pyridine rings is 1. The fourth-order valence-corrected chi connectivity index (χ4v) is 0.936. The van der Waals surface area contributed by atoms with Crippen LogP contribution in [0, 0.1) is 0 Å². The van der Waals surface area contributed by atoms with Gasteiger partial charge in [-0.3, -0.25) is 4.98 Å². The number of methoxy groups -OCH3 is 1. The highest BCUT2D eigenvalue weighted by molar-refractivity contribution is 5.59. The molecule has 0 aromatic carbocycles. The van der Waals surface area contributed by atoms with Gasteiger partial charge in [-0.2, -0.15) is 0 Å². The predicted molar refractivity (Wildman–Crippen MR) is 50.5 cm³/mol. The average molecular weight is 177 g/mol. The monoisotopic (exact) mass is 177 g/mol. The van der Waals surface area contributed by atoms with Gasteiger partial charge in [-0.15, -0.1) is 0 Å². The van der Waals surface area contributed by atoms with E-state index in [1.807, 2.05) is 6.07 Å². The first-order valence-corrected chi connectivity index (χ1v) is 3.97. The molecule has 0 bridgehead atoms. The Labute approximate surface area is 77.1 Å². The SMILES string of the molecule is COc1cccnc1C=CCC=O. The molecule has 1 heterocycles. The largest absolute Gasteiger partial charge is 0.494 e. The van der Waals surface area contributed by atoms with Crippen molar-refractivity contribution in [3.8, 4) is 5.75 Å². The van der Waals surface area contributed by atoms with Crippen LogP contribution in [-0.2, 0) is 4.79 Å². The van der Waals surface area contributed by atoms with Crippen LogP contribution in [-0.4, -0.2) is 18.4 Å². The van der Waals surface area contributed by atoms with Crippen LogP contribution < -0.4 is 4.74 Å². The lowest BCUT2D eigenvalue weighted by Crippen LogP contribution is -1.88. The van der Waals surface area contributed by atoms with Gasteiger partial charge in [-0.25, -0.2) is 0 Å². The number of rotatable bonds is 4. The molecule has 0 atom stereocenters. The quantitative estimate of drug-likeness (QED) is 0.657. The molecule has 1 aromatic heterocycles. The van der Waals surface area contributed by atoms with Crippen molar-refractivity contribution in [1.82, 2.24) is 4.98 Å². The molecule has 0 aliphatic rings. The molecule has 13 heavy (non-hydrogen) atoms. The first-order chi connectivity index (χ1) is 6.38. The van der Waals surface area contributed by atoms with Gasteiger partial charge in [0.15, 0.2) is 0 Å². The third kappa shape index (κ3) is 2.71. The Morgan fingerprint density at radius 1 is 1.62 bits per heavy atom. The van der Waals surface area contributed by atoms with Crippen molar-refractivity contribution in [2.24, 2.45) is 0 Å². The highest BCUT2D eigenvalue weighted by atomic mass is 16.5. The van der Waals surface area contributed by atoms with Gasteiger partial charge in [-0.1, -0.05) is 6.08 Å². The van der Waals surface area contributed by atoms with Gasteiger partial charge in [0, 0.05) is 12.6 Å². The fraction of sp³-hybridized carbons (Fsp3) is 0.200. The molecule has 0 saturated carbocycles. The smallest absolute Gasteiger partial charge is 0.144 e. The normalized spacial score (nSPS) is 10.2. The molecule has 0 N–H and O–H groups in total. The van der Waals surface area contributed by atoms with Crippen LogP contribution in [0.3, 0.4) is 0 Å². The zero-order valence-electron chi connectivity index (χ0n) is 7.43. The van der Waals surface area contributed by atoms with Crippen molar-refractivity contribution in [2.75, 3.05) is 7.11 Å². The molecule has 3 nitrogen and oxygen atoms in total. The van der Waals surface area contributed by atoms with Crippen molar-refractivity contribution in [1.29, 1.82) is 0 Å². The molecule has 3 heteroatoms. The highest BCUT2D eigenvalue weighted by Gasteiger charge is 1.96. The number of hydrogen-bond acceptors (Lipinski definition) is 3. The summed E-state index contributed by atoms with van der Waals surface area (Å²) in [5, 5.41) is 0. The summed E-state index contributed by atoms with van der Waals surface area (Å²) in [6, 6.07) is 3.63. The number of ether oxygens (including phenoxy) is 1. The van der Waals surface area contributed by atoms with E-state index >= 15 is 0 Å². The zero-order valence-corrected chi connectivity index (χ0v) is 7.43. The van der Waals surface area contributed by atoms with Gasteiger partial charge in [0.05, 0.1) is 7.11 Å². The topological polar surface area (TPSA) is 39.2 Å². The van der Waals surface area contributed by atoms with Crippen molar-refractivity contribution in [3.63, 3.8) is 0 Å². The fourth-order valence-electron chi connectivity index (χ4n) is 0.936. The highest BCUT2D eigenvalue weighted by Crippen LogP contribution is 2.15. The Hall–Kier alpha value is -1.64. The summed E-state index contributed by atoms with van der Waals surface area (Å²) in [5.41, 5.74) is 0.742. The predicted octanol–water partition coefficient (Wildman–Crippen LogP) is 1.69. The van der Waals surface area contributed by atoms with Crippen LogP contribution in [0.4, 0.5) is 0 Å². The maximum absolute atomic E-state index is 10.0. The second-order valence-corrected chi connectivity index (χ2v) is 2.40. The molecular weight excluding hydrogens is 166 g/mol. The van der Waals surface area contributed by atoms with E-state index in [2.05, 4.69) is 4.98 Å². The van der Waals surface area contributed by atoms with Gasteiger partial charge in [-0.05, 0) is 18.2 Å². The molecule has 0 radical (unpaired) electrons. The summed E-state index contributed by atoms with van der Waals surface area (Å²) < 4.78 is 5.07. The lowest BCUT2D eigenvalue weighted by molar-refractivity contribution is -0.107. The third-order valence-electron chi connectivity index (χ3n) is 1.53. The van der Waals surface area contributed by atoms with Crippen molar-refractivity contribution in [3.05, 3.63) is 30.1 Å². The Bertz CT molecular complexity index is 308. The number of allylic oxidation sites excluding steroid dienone is 1. The van der Waals surface area contributed by atoms with Crippen molar-refractivity contribution in [2.45, 2.75) is 6.42 Å². The first kappa shape index (κ1) is 9.45. The Kier molecular flexibility index (Phi) is 3.70. The minimum atomic E-state index is 0.403. The minimum absolute atomic E-state index is 0.403. The van der Waals surface area contributed by atoms with E-state index < -0.39 is 0 Å². The summed E-state index contributed by atoms with van der Waals surface area (Å²) in [6.07, 6.45) is 6.44. The molecule has 0 amide bonds. The Morgan fingerprint density at radius 3 is 3.15 bits per heavy atom. The van der Waals surface area contributed by atoms with Crippen LogP contribution >= 0.6 is 0 Å². The lowest BCUT2D eigenvalue weighted by atomic mass is 10.3. The van der Waals surface area contributed by atoms with Crippen molar-refractivity contribution >= 4 is 12.4 Å². The van der Waals surface area contributed by atoms with E-state index in [0.29, 0.717) is 12.2 Å². The van der Waals surface area contributed by atoms with Crippen LogP contribution in [0.25, 0.3) is 6.08 Å². The van der Waals surface area contributed by atoms with E-state index in [0.717, 1.165) is 12.0 Å². The number of aromatic nitrogens is 1. The number of carbonyl (C=O) groups is 1. The summed E-state index contributed by atoms with van der Waals surface area (Å²) in [5.74, 6) is 0.713.